The lowest BCUT2D eigenvalue weighted by molar-refractivity contribution is 0.0956. The van der Waals surface area contributed by atoms with Crippen LogP contribution in [0.3, 0.4) is 0 Å². The Balaban J connectivity index is 1.42. The Morgan fingerprint density at radius 1 is 1.00 bits per heavy atom. The number of amides is 1. The Morgan fingerprint density at radius 3 is 2.51 bits per heavy atom. The summed E-state index contributed by atoms with van der Waals surface area (Å²) in [6.07, 6.45) is 1.49. The van der Waals surface area contributed by atoms with Crippen molar-refractivity contribution >= 4 is 39.0 Å². The summed E-state index contributed by atoms with van der Waals surface area (Å²) in [6, 6.07) is 28.6. The van der Waals surface area contributed by atoms with Crippen molar-refractivity contribution in [2.24, 2.45) is 5.10 Å². The van der Waals surface area contributed by atoms with Crippen LogP contribution in [-0.2, 0) is 6.61 Å². The van der Waals surface area contributed by atoms with Crippen LogP contribution in [0.1, 0.15) is 21.5 Å². The number of para-hydroxylation sites is 1. The van der Waals surface area contributed by atoms with E-state index in [0.717, 1.165) is 21.0 Å². The molecule has 0 spiro atoms. The number of methoxy groups -OCH3 is 1. The molecule has 8 heteroatoms. The predicted molar refractivity (Wildman–Crippen MR) is 154 cm³/mol. The van der Waals surface area contributed by atoms with Crippen LogP contribution in [0.25, 0.3) is 22.2 Å². The zero-order valence-electron chi connectivity index (χ0n) is 20.9. The number of hydrogen-bond donors (Lipinski definition) is 1. The van der Waals surface area contributed by atoms with Crippen LogP contribution < -0.4 is 14.9 Å². The molecule has 1 N–H and O–H groups in total. The first-order valence-electron chi connectivity index (χ1n) is 12.0. The maximum Gasteiger partial charge on any atom is 0.272 e. The molecule has 39 heavy (non-hydrogen) atoms. The summed E-state index contributed by atoms with van der Waals surface area (Å²) in [5, 5.41) is 4.94. The normalized spacial score (nSPS) is 11.1. The summed E-state index contributed by atoms with van der Waals surface area (Å²) in [5.74, 6) is 0.217. The molecule has 0 atom stereocenters. The molecule has 194 valence electrons. The number of nitrogens with one attached hydrogen (secondary N) is 1. The smallest absolute Gasteiger partial charge is 0.272 e. The average Bonchev–Trinajstić information content (AvgIpc) is 2.97. The van der Waals surface area contributed by atoms with Gasteiger partial charge in [0, 0.05) is 21.0 Å². The van der Waals surface area contributed by atoms with Gasteiger partial charge in [0.1, 0.15) is 12.4 Å². The van der Waals surface area contributed by atoms with Crippen LogP contribution >= 0.6 is 15.9 Å². The molecule has 0 aliphatic heterocycles. The Hall–Kier alpha value is -4.56. The number of aromatic nitrogens is 1. The topological polar surface area (TPSA) is 72.8 Å². The zero-order valence-corrected chi connectivity index (χ0v) is 22.5. The van der Waals surface area contributed by atoms with E-state index < -0.39 is 0 Å². The van der Waals surface area contributed by atoms with Crippen LogP contribution in [0, 0.1) is 5.82 Å². The van der Waals surface area contributed by atoms with Crippen LogP contribution in [0.15, 0.2) is 107 Å². The van der Waals surface area contributed by atoms with Gasteiger partial charge in [-0.15, -0.1) is 0 Å². The number of hydrazone groups is 1. The first-order valence-corrected chi connectivity index (χ1v) is 12.8. The van der Waals surface area contributed by atoms with Crippen molar-refractivity contribution in [1.29, 1.82) is 0 Å². The lowest BCUT2D eigenvalue weighted by Gasteiger charge is -2.14. The third-order valence-electron chi connectivity index (χ3n) is 5.96. The number of fused-ring (bicyclic) bond motifs is 1. The molecule has 0 bridgehead atoms. The minimum atomic E-state index is -0.377. The van der Waals surface area contributed by atoms with E-state index in [1.165, 1.54) is 25.5 Å². The Bertz CT molecular complexity index is 1660. The van der Waals surface area contributed by atoms with Gasteiger partial charge < -0.3 is 9.47 Å². The van der Waals surface area contributed by atoms with Gasteiger partial charge in [0.2, 0.25) is 0 Å². The number of rotatable bonds is 8. The van der Waals surface area contributed by atoms with Gasteiger partial charge in [-0.1, -0.05) is 76.6 Å². The lowest BCUT2D eigenvalue weighted by Crippen LogP contribution is -2.18. The molecular formula is C31H23BrFN3O3. The standard InChI is InChI=1S/C31H23BrFN3O3/c1-38-29-16-23(32)15-22(30(29)39-19-20-11-13-24(33)14-12-20)18-34-36-31(37)26-17-28(21-7-3-2-4-8-21)35-27-10-6-5-9-25(26)27/h2-18H,19H2,1H3,(H,36,37)/b34-18-. The van der Waals surface area contributed by atoms with Crippen molar-refractivity contribution in [3.63, 3.8) is 0 Å². The van der Waals surface area contributed by atoms with Crippen molar-refractivity contribution in [3.8, 4) is 22.8 Å². The highest BCUT2D eigenvalue weighted by Crippen LogP contribution is 2.34. The molecule has 0 radical (unpaired) electrons. The molecule has 0 saturated heterocycles. The Kier molecular flexibility index (Phi) is 7.94. The van der Waals surface area contributed by atoms with Crippen LogP contribution in [0.2, 0.25) is 0 Å². The molecule has 5 aromatic rings. The summed E-state index contributed by atoms with van der Waals surface area (Å²) >= 11 is 3.47. The van der Waals surface area contributed by atoms with Gasteiger partial charge in [-0.05, 0) is 42.0 Å². The molecular weight excluding hydrogens is 561 g/mol. The second-order valence-corrected chi connectivity index (χ2v) is 9.49. The fraction of sp³-hybridized carbons (Fsp3) is 0.0645. The minimum absolute atomic E-state index is 0.191. The molecule has 6 nitrogen and oxygen atoms in total. The van der Waals surface area contributed by atoms with Gasteiger partial charge in [-0.3, -0.25) is 4.79 Å². The highest BCUT2D eigenvalue weighted by atomic mass is 79.9. The molecule has 0 aliphatic rings. The molecule has 0 saturated carbocycles. The average molecular weight is 584 g/mol. The van der Waals surface area contributed by atoms with Crippen molar-refractivity contribution in [2.45, 2.75) is 6.61 Å². The highest BCUT2D eigenvalue weighted by Gasteiger charge is 2.15. The Labute approximate surface area is 233 Å². The van der Waals surface area contributed by atoms with Gasteiger partial charge in [0.05, 0.1) is 30.1 Å². The highest BCUT2D eigenvalue weighted by molar-refractivity contribution is 9.10. The van der Waals surface area contributed by atoms with E-state index in [2.05, 4.69) is 26.5 Å². The predicted octanol–water partition coefficient (Wildman–Crippen LogP) is 7.15. The molecule has 0 fully saturated rings. The first-order chi connectivity index (χ1) is 19.0. The number of benzene rings is 4. The number of nitrogens with zero attached hydrogens (tertiary/aromatic N) is 2. The molecule has 0 aliphatic carbocycles. The first kappa shape index (κ1) is 26.1. The summed E-state index contributed by atoms with van der Waals surface area (Å²) in [5.41, 5.74) is 6.76. The van der Waals surface area contributed by atoms with Gasteiger partial charge in [-0.25, -0.2) is 14.8 Å². The van der Waals surface area contributed by atoms with Gasteiger partial charge in [0.15, 0.2) is 11.5 Å². The second-order valence-electron chi connectivity index (χ2n) is 8.58. The van der Waals surface area contributed by atoms with E-state index in [9.17, 15) is 9.18 Å². The second kappa shape index (κ2) is 11.9. The third kappa shape index (κ3) is 6.13. The molecule has 1 amide bonds. The van der Waals surface area contributed by atoms with Crippen molar-refractivity contribution in [1.82, 2.24) is 10.4 Å². The number of halogens is 2. The van der Waals surface area contributed by atoms with Crippen LogP contribution in [0.5, 0.6) is 11.5 Å². The van der Waals surface area contributed by atoms with E-state index in [4.69, 9.17) is 14.5 Å². The van der Waals surface area contributed by atoms with Crippen LogP contribution in [0.4, 0.5) is 4.39 Å². The summed E-state index contributed by atoms with van der Waals surface area (Å²) < 4.78 is 25.5. The quantitative estimate of drug-likeness (QED) is 0.155. The number of ether oxygens (including phenoxy) is 2. The van der Waals surface area contributed by atoms with E-state index in [0.29, 0.717) is 33.8 Å². The lowest BCUT2D eigenvalue weighted by atomic mass is 10.0. The molecule has 1 aromatic heterocycles. The maximum atomic E-state index is 13.3. The van der Waals surface area contributed by atoms with E-state index in [1.54, 1.807) is 30.3 Å². The molecule has 5 rings (SSSR count). The fourth-order valence-electron chi connectivity index (χ4n) is 4.07. The zero-order chi connectivity index (χ0) is 27.2. The summed E-state index contributed by atoms with van der Waals surface area (Å²) in [6.45, 7) is 0.191. The molecule has 0 unspecified atom stereocenters. The SMILES string of the molecule is COc1cc(Br)cc(/C=N\NC(=O)c2cc(-c3ccccc3)nc3ccccc23)c1OCc1ccc(F)cc1. The molecule has 4 aromatic carbocycles. The molecule has 1 heterocycles. The third-order valence-corrected chi connectivity index (χ3v) is 6.42. The number of hydrogen-bond acceptors (Lipinski definition) is 5. The number of pyridine rings is 1. The summed E-state index contributed by atoms with van der Waals surface area (Å²) in [4.78, 5) is 18.0. The van der Waals surface area contributed by atoms with Crippen molar-refractivity contribution in [2.75, 3.05) is 7.11 Å². The summed E-state index contributed by atoms with van der Waals surface area (Å²) in [7, 11) is 1.54. The van der Waals surface area contributed by atoms with Gasteiger partial charge >= 0.3 is 0 Å². The van der Waals surface area contributed by atoms with Gasteiger partial charge in [0.25, 0.3) is 5.91 Å². The van der Waals surface area contributed by atoms with E-state index in [1.807, 2.05) is 54.6 Å². The van der Waals surface area contributed by atoms with Gasteiger partial charge in [-0.2, -0.15) is 5.10 Å². The van der Waals surface area contributed by atoms with E-state index >= 15 is 0 Å². The van der Waals surface area contributed by atoms with Crippen LogP contribution in [-0.4, -0.2) is 24.2 Å². The van der Waals surface area contributed by atoms with E-state index in [-0.39, 0.29) is 18.3 Å². The Morgan fingerprint density at radius 2 is 1.74 bits per heavy atom. The van der Waals surface area contributed by atoms with Crippen molar-refractivity contribution in [3.05, 3.63) is 124 Å². The number of carbonyl (C=O) groups excluding carboxylic acids is 1. The minimum Gasteiger partial charge on any atom is -0.493 e. The number of carbonyl (C=O) groups is 1. The monoisotopic (exact) mass is 583 g/mol. The fourth-order valence-corrected chi connectivity index (χ4v) is 4.52. The maximum absolute atomic E-state index is 13.3. The largest absolute Gasteiger partial charge is 0.493 e. The van der Waals surface area contributed by atoms with Crippen molar-refractivity contribution < 1.29 is 18.7 Å².